The summed E-state index contributed by atoms with van der Waals surface area (Å²) in [6, 6.07) is 2.55. The second-order valence-electron chi connectivity index (χ2n) is 5.67. The number of carbonyl (C=O) groups is 1. The van der Waals surface area contributed by atoms with Crippen LogP contribution in [0.15, 0.2) is 18.2 Å². The average molecular weight is 347 g/mol. The first-order valence-electron chi connectivity index (χ1n) is 6.97. The van der Waals surface area contributed by atoms with Crippen LogP contribution in [0.3, 0.4) is 0 Å². The van der Waals surface area contributed by atoms with Gasteiger partial charge in [0.15, 0.2) is 0 Å². The largest absolute Gasteiger partial charge is 0.573 e. The van der Waals surface area contributed by atoms with Gasteiger partial charge in [0, 0.05) is 13.0 Å². The van der Waals surface area contributed by atoms with Gasteiger partial charge in [-0.1, -0.05) is 11.8 Å². The number of hydrogen-bond donors (Lipinski definition) is 1. The highest BCUT2D eigenvalue weighted by Gasteiger charge is 2.31. The zero-order valence-electron chi connectivity index (χ0n) is 13.4. The Kier molecular flexibility index (Phi) is 6.46. The third-order valence-corrected chi connectivity index (χ3v) is 2.31. The van der Waals surface area contributed by atoms with E-state index in [1.807, 2.05) is 0 Å². The van der Waals surface area contributed by atoms with E-state index < -0.39 is 29.6 Å². The molecule has 1 aromatic carbocycles. The number of ether oxygens (including phenoxy) is 2. The lowest BCUT2D eigenvalue weighted by molar-refractivity contribution is -0.274. The van der Waals surface area contributed by atoms with Gasteiger partial charge in [-0.3, -0.25) is 0 Å². The number of amides is 1. The fraction of sp³-hybridized carbons (Fsp3) is 0.438. The van der Waals surface area contributed by atoms with Crippen LogP contribution in [0.1, 0.15) is 32.8 Å². The van der Waals surface area contributed by atoms with Gasteiger partial charge in [-0.05, 0) is 39.0 Å². The van der Waals surface area contributed by atoms with Gasteiger partial charge in [0.1, 0.15) is 17.2 Å². The monoisotopic (exact) mass is 347 g/mol. The lowest BCUT2D eigenvalue weighted by Crippen LogP contribution is -2.32. The molecule has 4 nitrogen and oxygen atoms in total. The maximum atomic E-state index is 13.5. The number of benzene rings is 1. The van der Waals surface area contributed by atoms with E-state index in [-0.39, 0.29) is 18.5 Å². The van der Waals surface area contributed by atoms with Crippen LogP contribution in [0.5, 0.6) is 5.75 Å². The molecule has 0 atom stereocenters. The number of halogens is 4. The molecule has 24 heavy (non-hydrogen) atoms. The average Bonchev–Trinajstić information content (AvgIpc) is 2.38. The molecule has 1 aromatic rings. The van der Waals surface area contributed by atoms with E-state index in [1.54, 1.807) is 20.8 Å². The Morgan fingerprint density at radius 1 is 1.25 bits per heavy atom. The second-order valence-corrected chi connectivity index (χ2v) is 5.67. The first-order valence-corrected chi connectivity index (χ1v) is 6.97. The summed E-state index contributed by atoms with van der Waals surface area (Å²) in [4.78, 5) is 11.4. The van der Waals surface area contributed by atoms with Gasteiger partial charge in [0.25, 0.3) is 0 Å². The third-order valence-electron chi connectivity index (χ3n) is 2.31. The minimum atomic E-state index is -4.86. The molecule has 0 unspecified atom stereocenters. The van der Waals surface area contributed by atoms with Crippen molar-refractivity contribution in [3.8, 4) is 17.6 Å². The molecule has 0 aliphatic rings. The number of hydrogen-bond acceptors (Lipinski definition) is 3. The molecule has 1 N–H and O–H groups in total. The molecule has 0 aliphatic carbocycles. The van der Waals surface area contributed by atoms with Gasteiger partial charge in [0.2, 0.25) is 0 Å². The molecular formula is C16H17F4NO3. The van der Waals surface area contributed by atoms with Gasteiger partial charge < -0.3 is 14.8 Å². The lowest BCUT2D eigenvalue weighted by atomic mass is 10.2. The molecule has 132 valence electrons. The van der Waals surface area contributed by atoms with Crippen molar-refractivity contribution in [2.45, 2.75) is 39.2 Å². The van der Waals surface area contributed by atoms with Crippen LogP contribution in [0.25, 0.3) is 0 Å². The number of alkyl carbamates (subject to hydrolysis) is 1. The molecule has 0 fully saturated rings. The summed E-state index contributed by atoms with van der Waals surface area (Å²) >= 11 is 0. The highest BCUT2D eigenvalue weighted by molar-refractivity contribution is 5.67. The zero-order valence-corrected chi connectivity index (χ0v) is 13.4. The van der Waals surface area contributed by atoms with Crippen LogP contribution in [-0.4, -0.2) is 24.6 Å². The molecule has 1 amide bonds. The van der Waals surface area contributed by atoms with E-state index in [1.165, 1.54) is 0 Å². The van der Waals surface area contributed by atoms with Crippen molar-refractivity contribution in [2.75, 3.05) is 6.54 Å². The molecule has 0 heterocycles. The molecule has 0 radical (unpaired) electrons. The van der Waals surface area contributed by atoms with Crippen molar-refractivity contribution in [2.24, 2.45) is 0 Å². The quantitative estimate of drug-likeness (QED) is 0.511. The summed E-state index contributed by atoms with van der Waals surface area (Å²) in [5.74, 6) is 3.63. The Hall–Kier alpha value is -2.43. The predicted octanol–water partition coefficient (Wildman–Crippen LogP) is 3.99. The number of alkyl halides is 3. The SMILES string of the molecule is CC(C)(C)OC(=O)NCCC#Cc1cc(OC(F)(F)F)ccc1F. The Balaban J connectivity index is 2.57. The third kappa shape index (κ3) is 8.27. The molecule has 0 aliphatic heterocycles. The van der Waals surface area contributed by atoms with Crippen molar-refractivity contribution in [1.82, 2.24) is 5.32 Å². The van der Waals surface area contributed by atoms with Gasteiger partial charge in [-0.2, -0.15) is 0 Å². The summed E-state index contributed by atoms with van der Waals surface area (Å²) in [7, 11) is 0. The maximum absolute atomic E-state index is 13.5. The summed E-state index contributed by atoms with van der Waals surface area (Å²) in [5, 5.41) is 2.45. The topological polar surface area (TPSA) is 47.6 Å². The minimum absolute atomic E-state index is 0.155. The fourth-order valence-electron chi connectivity index (χ4n) is 1.50. The zero-order chi connectivity index (χ0) is 18.4. The normalized spacial score (nSPS) is 11.3. The van der Waals surface area contributed by atoms with Crippen LogP contribution in [0.2, 0.25) is 0 Å². The van der Waals surface area contributed by atoms with Crippen LogP contribution in [0.4, 0.5) is 22.4 Å². The number of nitrogens with one attached hydrogen (secondary N) is 1. The summed E-state index contributed by atoms with van der Waals surface area (Å²) in [5.41, 5.74) is -0.855. The highest BCUT2D eigenvalue weighted by atomic mass is 19.4. The minimum Gasteiger partial charge on any atom is -0.444 e. The van der Waals surface area contributed by atoms with Gasteiger partial charge in [-0.15, -0.1) is 13.2 Å². The van der Waals surface area contributed by atoms with Crippen LogP contribution in [-0.2, 0) is 4.74 Å². The number of rotatable bonds is 3. The van der Waals surface area contributed by atoms with Crippen molar-refractivity contribution in [1.29, 1.82) is 0 Å². The van der Waals surface area contributed by atoms with Crippen molar-refractivity contribution in [3.05, 3.63) is 29.6 Å². The Bertz CT molecular complexity index is 639. The second kappa shape index (κ2) is 7.90. The molecule has 0 saturated heterocycles. The number of carbonyl (C=O) groups excluding carboxylic acids is 1. The summed E-state index contributed by atoms with van der Waals surface area (Å²) < 4.78 is 58.5. The molecular weight excluding hydrogens is 330 g/mol. The van der Waals surface area contributed by atoms with Crippen molar-refractivity contribution >= 4 is 6.09 Å². The molecule has 0 spiro atoms. The van der Waals surface area contributed by atoms with E-state index in [0.717, 1.165) is 18.2 Å². The van der Waals surface area contributed by atoms with Crippen molar-refractivity contribution < 1.29 is 31.8 Å². The van der Waals surface area contributed by atoms with Crippen LogP contribution in [0, 0.1) is 17.7 Å². The van der Waals surface area contributed by atoms with E-state index in [0.29, 0.717) is 0 Å². The van der Waals surface area contributed by atoms with Crippen LogP contribution >= 0.6 is 0 Å². The van der Waals surface area contributed by atoms with E-state index in [9.17, 15) is 22.4 Å². The summed E-state index contributed by atoms with van der Waals surface area (Å²) in [6.45, 7) is 5.30. The smallest absolute Gasteiger partial charge is 0.444 e. The van der Waals surface area contributed by atoms with E-state index in [4.69, 9.17) is 4.74 Å². The van der Waals surface area contributed by atoms with Crippen molar-refractivity contribution in [3.63, 3.8) is 0 Å². The van der Waals surface area contributed by atoms with E-state index in [2.05, 4.69) is 21.9 Å². The predicted molar refractivity (Wildman–Crippen MR) is 78.8 cm³/mol. The van der Waals surface area contributed by atoms with Gasteiger partial charge in [-0.25, -0.2) is 9.18 Å². The molecule has 0 bridgehead atoms. The Morgan fingerprint density at radius 2 is 1.92 bits per heavy atom. The Morgan fingerprint density at radius 3 is 2.50 bits per heavy atom. The first-order chi connectivity index (χ1) is 11.0. The van der Waals surface area contributed by atoms with Crippen LogP contribution < -0.4 is 10.1 Å². The van der Waals surface area contributed by atoms with Gasteiger partial charge in [0.05, 0.1) is 5.56 Å². The molecule has 0 aromatic heterocycles. The maximum Gasteiger partial charge on any atom is 0.573 e. The Labute approximate surface area is 137 Å². The molecule has 1 rings (SSSR count). The van der Waals surface area contributed by atoms with Gasteiger partial charge >= 0.3 is 12.5 Å². The lowest BCUT2D eigenvalue weighted by Gasteiger charge is -2.19. The first kappa shape index (κ1) is 19.6. The summed E-state index contributed by atoms with van der Waals surface area (Å²) in [6.07, 6.45) is -5.31. The molecule has 0 saturated carbocycles. The highest BCUT2D eigenvalue weighted by Crippen LogP contribution is 2.24. The molecule has 8 heteroatoms. The van der Waals surface area contributed by atoms with E-state index >= 15 is 0 Å². The fourth-order valence-corrected chi connectivity index (χ4v) is 1.50. The standard InChI is InChI=1S/C16H17F4NO3/c1-15(2,3)24-14(22)21-9-5-4-6-11-10-12(7-8-13(11)17)23-16(18,19)20/h7-8,10H,5,9H2,1-3H3,(H,21,22).